The van der Waals surface area contributed by atoms with Crippen molar-refractivity contribution in [3.05, 3.63) is 58.6 Å². The minimum atomic E-state index is -1.03. The van der Waals surface area contributed by atoms with Gasteiger partial charge in [0.1, 0.15) is 5.75 Å². The van der Waals surface area contributed by atoms with Gasteiger partial charge < -0.3 is 4.74 Å². The molecule has 0 amide bonds. The zero-order valence-corrected chi connectivity index (χ0v) is 10.6. The van der Waals surface area contributed by atoms with Crippen molar-refractivity contribution in [2.24, 2.45) is 0 Å². The van der Waals surface area contributed by atoms with E-state index in [4.69, 9.17) is 27.9 Å². The van der Waals surface area contributed by atoms with Crippen LogP contribution in [0.4, 0.5) is 8.78 Å². The van der Waals surface area contributed by atoms with E-state index < -0.39 is 11.6 Å². The molecule has 0 bridgehead atoms. The molecule has 0 saturated heterocycles. The highest BCUT2D eigenvalue weighted by molar-refractivity contribution is 6.32. The van der Waals surface area contributed by atoms with Crippen molar-refractivity contribution in [1.82, 2.24) is 0 Å². The summed E-state index contributed by atoms with van der Waals surface area (Å²) in [6, 6.07) is 8.48. The lowest BCUT2D eigenvalue weighted by Crippen LogP contribution is -1.92. The number of rotatable bonds is 3. The summed E-state index contributed by atoms with van der Waals surface area (Å²) in [6.45, 7) is 0. The summed E-state index contributed by atoms with van der Waals surface area (Å²) >= 11 is 11.6. The molecular weight excluding hydrogens is 281 g/mol. The minimum Gasteiger partial charge on any atom is -0.454 e. The fourth-order valence-electron chi connectivity index (χ4n) is 1.39. The van der Waals surface area contributed by atoms with Gasteiger partial charge in [0.15, 0.2) is 11.6 Å². The average Bonchev–Trinajstić information content (AvgIpc) is 2.35. The summed E-state index contributed by atoms with van der Waals surface area (Å²) in [7, 11) is 0. The highest BCUT2D eigenvalue weighted by Gasteiger charge is 2.10. The van der Waals surface area contributed by atoms with E-state index >= 15 is 0 Å². The van der Waals surface area contributed by atoms with Gasteiger partial charge in [0.25, 0.3) is 0 Å². The molecule has 94 valence electrons. The Morgan fingerprint density at radius 2 is 1.89 bits per heavy atom. The maximum Gasteiger partial charge on any atom is 0.201 e. The number of alkyl halides is 1. The number of hydrogen-bond donors (Lipinski definition) is 0. The van der Waals surface area contributed by atoms with Gasteiger partial charge in [0.2, 0.25) is 5.82 Å². The molecule has 0 unspecified atom stereocenters. The lowest BCUT2D eigenvalue weighted by molar-refractivity contribution is 0.416. The van der Waals surface area contributed by atoms with Crippen LogP contribution in [0.5, 0.6) is 11.5 Å². The first-order valence-electron chi connectivity index (χ1n) is 5.08. The van der Waals surface area contributed by atoms with Crippen molar-refractivity contribution >= 4 is 23.2 Å². The molecule has 2 rings (SSSR count). The Kier molecular flexibility index (Phi) is 4.04. The SMILES string of the molecule is Fc1cccc(Oc2ccc(CCl)c(Cl)c2)c1F. The van der Waals surface area contributed by atoms with Crippen molar-refractivity contribution in [3.63, 3.8) is 0 Å². The van der Waals surface area contributed by atoms with Crippen LogP contribution in [0.15, 0.2) is 36.4 Å². The fourth-order valence-corrected chi connectivity index (χ4v) is 1.93. The first-order valence-corrected chi connectivity index (χ1v) is 5.99. The lowest BCUT2D eigenvalue weighted by atomic mass is 10.2. The molecular formula is C13H8Cl2F2O. The summed E-state index contributed by atoms with van der Waals surface area (Å²) in [5.74, 6) is -1.60. The van der Waals surface area contributed by atoms with Gasteiger partial charge in [-0.25, -0.2) is 4.39 Å². The summed E-state index contributed by atoms with van der Waals surface area (Å²) in [5, 5.41) is 0.416. The van der Waals surface area contributed by atoms with Gasteiger partial charge in [-0.05, 0) is 29.8 Å². The van der Waals surface area contributed by atoms with Crippen LogP contribution in [-0.4, -0.2) is 0 Å². The molecule has 2 aromatic carbocycles. The monoisotopic (exact) mass is 288 g/mol. The second kappa shape index (κ2) is 5.55. The molecule has 5 heteroatoms. The Hall–Kier alpha value is -1.32. The summed E-state index contributed by atoms with van der Waals surface area (Å²) in [6.07, 6.45) is 0. The van der Waals surface area contributed by atoms with E-state index in [2.05, 4.69) is 0 Å². The predicted molar refractivity (Wildman–Crippen MR) is 67.4 cm³/mol. The van der Waals surface area contributed by atoms with Crippen LogP contribution in [0.25, 0.3) is 0 Å². The molecule has 0 aliphatic carbocycles. The van der Waals surface area contributed by atoms with E-state index in [0.29, 0.717) is 10.8 Å². The topological polar surface area (TPSA) is 9.23 Å². The third-order valence-corrected chi connectivity index (χ3v) is 2.95. The smallest absolute Gasteiger partial charge is 0.201 e. The molecule has 2 aromatic rings. The average molecular weight is 289 g/mol. The van der Waals surface area contributed by atoms with Crippen molar-refractivity contribution in [2.75, 3.05) is 0 Å². The zero-order chi connectivity index (χ0) is 13.1. The molecule has 0 N–H and O–H groups in total. The Labute approximate surface area is 113 Å². The molecule has 0 atom stereocenters. The van der Waals surface area contributed by atoms with Crippen LogP contribution < -0.4 is 4.74 Å². The van der Waals surface area contributed by atoms with E-state index in [1.54, 1.807) is 12.1 Å². The minimum absolute atomic E-state index is 0.190. The standard InChI is InChI=1S/C13H8Cl2F2O/c14-7-8-4-5-9(6-10(8)15)18-12-3-1-2-11(16)13(12)17/h1-6H,7H2. The molecule has 0 heterocycles. The second-order valence-electron chi connectivity index (χ2n) is 3.54. The molecule has 0 saturated carbocycles. The molecule has 0 aliphatic heterocycles. The summed E-state index contributed by atoms with van der Waals surface area (Å²) < 4.78 is 31.6. The van der Waals surface area contributed by atoms with Crippen LogP contribution >= 0.6 is 23.2 Å². The maximum atomic E-state index is 13.4. The fraction of sp³-hybridized carbons (Fsp3) is 0.0769. The van der Waals surface area contributed by atoms with Crippen LogP contribution in [0.1, 0.15) is 5.56 Å². The zero-order valence-electron chi connectivity index (χ0n) is 9.09. The molecule has 0 radical (unpaired) electrons. The summed E-state index contributed by atoms with van der Waals surface area (Å²) in [4.78, 5) is 0. The van der Waals surface area contributed by atoms with Crippen LogP contribution in [-0.2, 0) is 5.88 Å². The van der Waals surface area contributed by atoms with E-state index in [9.17, 15) is 8.78 Å². The van der Waals surface area contributed by atoms with E-state index in [0.717, 1.165) is 11.6 Å². The Morgan fingerprint density at radius 3 is 2.56 bits per heavy atom. The van der Waals surface area contributed by atoms with Crippen LogP contribution in [0.3, 0.4) is 0 Å². The molecule has 18 heavy (non-hydrogen) atoms. The third kappa shape index (κ3) is 2.74. The van der Waals surface area contributed by atoms with E-state index in [1.165, 1.54) is 18.2 Å². The van der Waals surface area contributed by atoms with Gasteiger partial charge in [-0.1, -0.05) is 23.7 Å². The quantitative estimate of drug-likeness (QED) is 0.710. The van der Waals surface area contributed by atoms with Crippen molar-refractivity contribution in [1.29, 1.82) is 0 Å². The maximum absolute atomic E-state index is 13.4. The van der Waals surface area contributed by atoms with Crippen LogP contribution in [0.2, 0.25) is 5.02 Å². The van der Waals surface area contributed by atoms with Gasteiger partial charge in [0, 0.05) is 10.9 Å². The second-order valence-corrected chi connectivity index (χ2v) is 4.22. The van der Waals surface area contributed by atoms with Gasteiger partial charge in [-0.15, -0.1) is 11.6 Å². The molecule has 0 aromatic heterocycles. The number of hydrogen-bond acceptors (Lipinski definition) is 1. The number of halogens is 4. The largest absolute Gasteiger partial charge is 0.454 e. The van der Waals surface area contributed by atoms with Gasteiger partial charge >= 0.3 is 0 Å². The normalized spacial score (nSPS) is 10.4. The predicted octanol–water partition coefficient (Wildman–Crippen LogP) is 5.15. The van der Waals surface area contributed by atoms with Crippen LogP contribution in [0, 0.1) is 11.6 Å². The van der Waals surface area contributed by atoms with E-state index in [-0.39, 0.29) is 11.6 Å². The Balaban J connectivity index is 2.29. The first kappa shape index (κ1) is 13.1. The highest BCUT2D eigenvalue weighted by Crippen LogP contribution is 2.29. The van der Waals surface area contributed by atoms with Gasteiger partial charge in [0.05, 0.1) is 0 Å². The lowest BCUT2D eigenvalue weighted by Gasteiger charge is -2.08. The number of benzene rings is 2. The molecule has 0 aliphatic rings. The highest BCUT2D eigenvalue weighted by atomic mass is 35.5. The third-order valence-electron chi connectivity index (χ3n) is 2.31. The van der Waals surface area contributed by atoms with Gasteiger partial charge in [-0.3, -0.25) is 0 Å². The Morgan fingerprint density at radius 1 is 1.11 bits per heavy atom. The van der Waals surface area contributed by atoms with Crippen molar-refractivity contribution in [3.8, 4) is 11.5 Å². The first-order chi connectivity index (χ1) is 8.61. The van der Waals surface area contributed by atoms with Crippen molar-refractivity contribution in [2.45, 2.75) is 5.88 Å². The summed E-state index contributed by atoms with van der Waals surface area (Å²) in [5.41, 5.74) is 0.741. The number of ether oxygens (including phenoxy) is 1. The van der Waals surface area contributed by atoms with E-state index in [1.807, 2.05) is 0 Å². The molecule has 0 spiro atoms. The molecule has 1 nitrogen and oxygen atoms in total. The Bertz CT molecular complexity index is 573. The molecule has 0 fully saturated rings. The van der Waals surface area contributed by atoms with Gasteiger partial charge in [-0.2, -0.15) is 4.39 Å². The van der Waals surface area contributed by atoms with Crippen molar-refractivity contribution < 1.29 is 13.5 Å².